The number of hydrogen-bond acceptors (Lipinski definition) is 4. The van der Waals surface area contributed by atoms with Crippen LogP contribution in [0.3, 0.4) is 0 Å². The van der Waals surface area contributed by atoms with Crippen LogP contribution in [-0.2, 0) is 0 Å². The molecule has 0 saturated heterocycles. The standard InChI is InChI=1S/C7H5N3O2.H3N/c11-7(12)10-6-4-2-1-3-5(6)8-9-10;/h1-4H,(H,11,12);1H3. The minimum atomic E-state index is -1.37. The summed E-state index contributed by atoms with van der Waals surface area (Å²) in [5.74, 6) is 0. The number of carbonyl (C=O) groups excluding carboxylic acids is 1. The predicted molar refractivity (Wildman–Crippen MR) is 44.3 cm³/mol. The molecule has 0 aliphatic heterocycles. The normalized spacial score (nSPS) is 9.54. The topological polar surface area (TPSA) is 107 Å². The van der Waals surface area contributed by atoms with Gasteiger partial charge in [-0.3, -0.25) is 0 Å². The lowest BCUT2D eigenvalue weighted by molar-refractivity contribution is -0.251. The molecule has 6 heteroatoms. The van der Waals surface area contributed by atoms with E-state index in [9.17, 15) is 9.90 Å². The van der Waals surface area contributed by atoms with Crippen molar-refractivity contribution in [1.29, 1.82) is 0 Å². The van der Waals surface area contributed by atoms with Gasteiger partial charge in [0.15, 0.2) is 6.09 Å². The molecular weight excluding hydrogens is 172 g/mol. The molecule has 0 fully saturated rings. The van der Waals surface area contributed by atoms with Crippen molar-refractivity contribution >= 4 is 17.1 Å². The molecular formula is C7H8N4O2. The summed E-state index contributed by atoms with van der Waals surface area (Å²) in [4.78, 5) is 10.4. The summed E-state index contributed by atoms with van der Waals surface area (Å²) in [6.07, 6.45) is -1.37. The summed E-state index contributed by atoms with van der Waals surface area (Å²) in [5, 5.41) is 17.5. The van der Waals surface area contributed by atoms with Gasteiger partial charge in [0.05, 0.1) is 5.52 Å². The van der Waals surface area contributed by atoms with Crippen molar-refractivity contribution in [3.63, 3.8) is 0 Å². The lowest BCUT2D eigenvalue weighted by Gasteiger charge is -1.99. The zero-order valence-corrected chi connectivity index (χ0v) is 6.97. The van der Waals surface area contributed by atoms with E-state index in [-0.39, 0.29) is 6.15 Å². The van der Waals surface area contributed by atoms with Gasteiger partial charge in [-0.15, -0.1) is 5.10 Å². The summed E-state index contributed by atoms with van der Waals surface area (Å²) < 4.78 is 0.731. The van der Waals surface area contributed by atoms with E-state index in [2.05, 4.69) is 10.3 Å². The minimum absolute atomic E-state index is 0. The van der Waals surface area contributed by atoms with E-state index in [1.165, 1.54) is 0 Å². The molecule has 0 saturated carbocycles. The second kappa shape index (κ2) is 3.20. The highest BCUT2D eigenvalue weighted by molar-refractivity contribution is 5.82. The lowest BCUT2D eigenvalue weighted by atomic mass is 10.3. The summed E-state index contributed by atoms with van der Waals surface area (Å²) in [6, 6.07) is 6.77. The predicted octanol–water partition coefficient (Wildman–Crippen LogP) is -0.00110. The van der Waals surface area contributed by atoms with E-state index < -0.39 is 6.09 Å². The minimum Gasteiger partial charge on any atom is -0.528 e. The fourth-order valence-corrected chi connectivity index (χ4v) is 1.00. The third kappa shape index (κ3) is 1.34. The van der Waals surface area contributed by atoms with Crippen molar-refractivity contribution in [2.24, 2.45) is 0 Å². The van der Waals surface area contributed by atoms with Gasteiger partial charge in [0.25, 0.3) is 0 Å². The first-order valence-electron chi connectivity index (χ1n) is 3.31. The maximum atomic E-state index is 10.4. The first-order chi connectivity index (χ1) is 5.79. The molecule has 2 rings (SSSR count). The molecule has 1 aromatic heterocycles. The Bertz CT molecular complexity index is 437. The number of carbonyl (C=O) groups is 1. The van der Waals surface area contributed by atoms with Gasteiger partial charge < -0.3 is 16.1 Å². The SMILES string of the molecule is O=C([O-])n1nnc2ccccc21.[NH4+]. The molecule has 0 unspecified atom stereocenters. The third-order valence-electron chi connectivity index (χ3n) is 1.52. The highest BCUT2D eigenvalue weighted by Crippen LogP contribution is 2.07. The average molecular weight is 180 g/mol. The maximum Gasteiger partial charge on any atom is 0.165 e. The Balaban J connectivity index is 0.000000845. The number of nitrogens with zero attached hydrogens (tertiary/aromatic N) is 3. The van der Waals surface area contributed by atoms with Gasteiger partial charge in [0, 0.05) is 0 Å². The third-order valence-corrected chi connectivity index (χ3v) is 1.52. The van der Waals surface area contributed by atoms with E-state index in [1.54, 1.807) is 24.3 Å². The second-order valence-electron chi connectivity index (χ2n) is 2.26. The van der Waals surface area contributed by atoms with E-state index >= 15 is 0 Å². The molecule has 4 N–H and O–H groups in total. The number of carboxylic acid groups (broad SMARTS) is 1. The van der Waals surface area contributed by atoms with E-state index in [4.69, 9.17) is 0 Å². The van der Waals surface area contributed by atoms with E-state index in [1.807, 2.05) is 0 Å². The van der Waals surface area contributed by atoms with Gasteiger partial charge in [0.2, 0.25) is 0 Å². The van der Waals surface area contributed by atoms with Crippen LogP contribution >= 0.6 is 0 Å². The molecule has 1 aromatic carbocycles. The number of aromatic nitrogens is 3. The fourth-order valence-electron chi connectivity index (χ4n) is 1.00. The van der Waals surface area contributed by atoms with Crippen LogP contribution in [0.4, 0.5) is 4.79 Å². The van der Waals surface area contributed by atoms with Crippen molar-refractivity contribution in [2.45, 2.75) is 0 Å². The first kappa shape index (κ1) is 9.14. The van der Waals surface area contributed by atoms with Crippen molar-refractivity contribution in [3.8, 4) is 0 Å². The number of rotatable bonds is 0. The van der Waals surface area contributed by atoms with Gasteiger partial charge in [-0.25, -0.2) is 0 Å². The van der Waals surface area contributed by atoms with Crippen LogP contribution in [0.25, 0.3) is 11.0 Å². The van der Waals surface area contributed by atoms with Crippen LogP contribution in [0.1, 0.15) is 0 Å². The highest BCUT2D eigenvalue weighted by Gasteiger charge is 2.01. The molecule has 6 nitrogen and oxygen atoms in total. The van der Waals surface area contributed by atoms with Gasteiger partial charge >= 0.3 is 0 Å². The number of hydrogen-bond donors (Lipinski definition) is 1. The summed E-state index contributed by atoms with van der Waals surface area (Å²) >= 11 is 0. The van der Waals surface area contributed by atoms with Crippen LogP contribution in [0.2, 0.25) is 0 Å². The quantitative estimate of drug-likeness (QED) is 0.615. The molecule has 13 heavy (non-hydrogen) atoms. The summed E-state index contributed by atoms with van der Waals surface area (Å²) in [7, 11) is 0. The summed E-state index contributed by atoms with van der Waals surface area (Å²) in [6.45, 7) is 0. The monoisotopic (exact) mass is 180 g/mol. The van der Waals surface area contributed by atoms with Gasteiger partial charge in [-0.2, -0.15) is 4.68 Å². The van der Waals surface area contributed by atoms with Crippen LogP contribution in [-0.4, -0.2) is 21.1 Å². The van der Waals surface area contributed by atoms with Crippen molar-refractivity contribution in [2.75, 3.05) is 0 Å². The molecule has 0 radical (unpaired) electrons. The molecule has 0 aliphatic rings. The molecule has 0 bridgehead atoms. The Labute approximate surface area is 73.4 Å². The fraction of sp³-hybridized carbons (Fsp3) is 0. The Hall–Kier alpha value is -1.95. The second-order valence-corrected chi connectivity index (χ2v) is 2.26. The molecule has 0 amide bonds. The van der Waals surface area contributed by atoms with Crippen LogP contribution in [0.5, 0.6) is 0 Å². The molecule has 0 atom stereocenters. The zero-order chi connectivity index (χ0) is 8.55. The average Bonchev–Trinajstić information content (AvgIpc) is 2.47. The van der Waals surface area contributed by atoms with Crippen LogP contribution < -0.4 is 11.3 Å². The molecule has 68 valence electrons. The van der Waals surface area contributed by atoms with Crippen molar-refractivity contribution in [3.05, 3.63) is 24.3 Å². The van der Waals surface area contributed by atoms with E-state index in [0.29, 0.717) is 11.0 Å². The van der Waals surface area contributed by atoms with Crippen molar-refractivity contribution < 1.29 is 9.90 Å². The van der Waals surface area contributed by atoms with Crippen molar-refractivity contribution in [1.82, 2.24) is 21.1 Å². The Kier molecular flexibility index (Phi) is 2.25. The molecule has 0 aliphatic carbocycles. The maximum absolute atomic E-state index is 10.4. The lowest BCUT2D eigenvalue weighted by Crippen LogP contribution is -2.29. The number of para-hydroxylation sites is 1. The largest absolute Gasteiger partial charge is 0.528 e. The first-order valence-corrected chi connectivity index (χ1v) is 3.31. The smallest absolute Gasteiger partial charge is 0.165 e. The highest BCUT2D eigenvalue weighted by atomic mass is 16.4. The van der Waals surface area contributed by atoms with Gasteiger partial charge in [-0.1, -0.05) is 17.3 Å². The number of fused-ring (bicyclic) bond motifs is 1. The summed E-state index contributed by atoms with van der Waals surface area (Å²) in [5.41, 5.74) is 0.985. The van der Waals surface area contributed by atoms with Crippen LogP contribution in [0, 0.1) is 0 Å². The Morgan fingerprint density at radius 3 is 2.77 bits per heavy atom. The molecule has 0 spiro atoms. The number of quaternary nitrogens is 1. The Morgan fingerprint density at radius 2 is 2.08 bits per heavy atom. The zero-order valence-electron chi connectivity index (χ0n) is 6.97. The molecule has 2 aromatic rings. The Morgan fingerprint density at radius 1 is 1.38 bits per heavy atom. The number of benzene rings is 1. The van der Waals surface area contributed by atoms with Gasteiger partial charge in [-0.05, 0) is 12.1 Å². The van der Waals surface area contributed by atoms with Gasteiger partial charge in [0.1, 0.15) is 5.52 Å². The molecule has 1 heterocycles. The van der Waals surface area contributed by atoms with Crippen LogP contribution in [0.15, 0.2) is 24.3 Å². The van der Waals surface area contributed by atoms with E-state index in [0.717, 1.165) is 4.68 Å².